The molecule has 0 bridgehead atoms. The number of nitrogens with zero attached hydrogens (tertiary/aromatic N) is 1. The van der Waals surface area contributed by atoms with Gasteiger partial charge in [0.1, 0.15) is 5.75 Å². The van der Waals surface area contributed by atoms with Crippen LogP contribution in [0.2, 0.25) is 0 Å². The second-order valence-electron chi connectivity index (χ2n) is 8.22. The Hall–Kier alpha value is -1.98. The Balaban J connectivity index is 1.51. The third kappa shape index (κ3) is 5.32. The fraction of sp³-hybridized carbons (Fsp3) is 0.455. The van der Waals surface area contributed by atoms with Crippen molar-refractivity contribution in [3.63, 3.8) is 0 Å². The van der Waals surface area contributed by atoms with Gasteiger partial charge in [0.25, 0.3) is 0 Å². The summed E-state index contributed by atoms with van der Waals surface area (Å²) in [5.74, 6) is 0.723. The lowest BCUT2D eigenvalue weighted by Gasteiger charge is -2.29. The molecule has 0 radical (unpaired) electrons. The van der Waals surface area contributed by atoms with Crippen LogP contribution < -0.4 is 14.2 Å². The third-order valence-electron chi connectivity index (χ3n) is 5.89. The van der Waals surface area contributed by atoms with Gasteiger partial charge in [-0.2, -0.15) is 0 Å². The Labute approximate surface area is 190 Å². The predicted molar refractivity (Wildman–Crippen MR) is 122 cm³/mol. The molecule has 2 fully saturated rings. The molecule has 1 atom stereocenters. The van der Waals surface area contributed by atoms with Crippen LogP contribution in [0.1, 0.15) is 37.3 Å². The highest BCUT2D eigenvalue weighted by Crippen LogP contribution is 2.31. The molecule has 4 rings (SSSR count). The van der Waals surface area contributed by atoms with E-state index in [1.807, 2.05) is 24.3 Å². The molecule has 0 spiro atoms. The summed E-state index contributed by atoms with van der Waals surface area (Å²) in [6.07, 6.45) is 3.81. The predicted octanol–water partition coefficient (Wildman–Crippen LogP) is 2.25. The van der Waals surface area contributed by atoms with Crippen LogP contribution in [-0.4, -0.2) is 54.5 Å². The summed E-state index contributed by atoms with van der Waals surface area (Å²) in [6.45, 7) is 1.97. The molecule has 1 saturated carbocycles. The van der Waals surface area contributed by atoms with Crippen molar-refractivity contribution in [3.8, 4) is 5.75 Å². The molecule has 10 heteroatoms. The molecule has 174 valence electrons. The summed E-state index contributed by atoms with van der Waals surface area (Å²) in [7, 11) is -5.83. The quantitative estimate of drug-likeness (QED) is 0.542. The fourth-order valence-electron chi connectivity index (χ4n) is 3.99. The molecule has 0 aromatic heterocycles. The second kappa shape index (κ2) is 9.48. The molecule has 32 heavy (non-hydrogen) atoms. The lowest BCUT2D eigenvalue weighted by molar-refractivity contribution is 0.240. The van der Waals surface area contributed by atoms with Crippen LogP contribution >= 0.6 is 0 Å². The van der Waals surface area contributed by atoms with Gasteiger partial charge in [-0.1, -0.05) is 18.2 Å². The first-order valence-electron chi connectivity index (χ1n) is 10.8. The first-order valence-corrected chi connectivity index (χ1v) is 13.8. The first kappa shape index (κ1) is 23.2. The monoisotopic (exact) mass is 479 g/mol. The molecule has 0 amide bonds. The van der Waals surface area contributed by atoms with E-state index >= 15 is 0 Å². The van der Waals surface area contributed by atoms with E-state index in [-0.39, 0.29) is 28.4 Å². The summed E-state index contributed by atoms with van der Waals surface area (Å²) in [6, 6.07) is 12.8. The van der Waals surface area contributed by atoms with Crippen LogP contribution in [-0.2, 0) is 20.0 Å². The molecular formula is C22H29N3O5S2. The average Bonchev–Trinajstić information content (AvgIpc) is 3.42. The van der Waals surface area contributed by atoms with Gasteiger partial charge in [0.05, 0.1) is 22.9 Å². The number of benzene rings is 2. The van der Waals surface area contributed by atoms with Gasteiger partial charge in [0.2, 0.25) is 20.0 Å². The maximum Gasteiger partial charge on any atom is 0.240 e. The Morgan fingerprint density at radius 1 is 0.938 bits per heavy atom. The minimum Gasteiger partial charge on any atom is -0.496 e. The molecule has 1 saturated heterocycles. The van der Waals surface area contributed by atoms with Crippen molar-refractivity contribution in [1.82, 2.24) is 14.3 Å². The molecule has 2 aliphatic rings. The third-order valence-corrected chi connectivity index (χ3v) is 8.87. The maximum atomic E-state index is 13.0. The standard InChI is InChI=1S/C22H29N3O5S2/c1-30-22-7-3-2-6-20(22)21(25-14-4-5-15-25)16-23-31(26,27)18-10-12-19(13-11-18)32(28,29)24-17-8-9-17/h2-3,6-7,10-13,17,21,23-24H,4-5,8-9,14-16H2,1H3. The minimum atomic E-state index is -3.82. The molecular weight excluding hydrogens is 450 g/mol. The van der Waals surface area contributed by atoms with Crippen LogP contribution in [0.5, 0.6) is 5.75 Å². The highest BCUT2D eigenvalue weighted by molar-refractivity contribution is 7.90. The zero-order chi connectivity index (χ0) is 22.8. The molecule has 1 aliphatic heterocycles. The number of likely N-dealkylation sites (tertiary alicyclic amines) is 1. The topological polar surface area (TPSA) is 105 Å². The van der Waals surface area contributed by atoms with Crippen molar-refractivity contribution in [3.05, 3.63) is 54.1 Å². The number of sulfonamides is 2. The number of ether oxygens (including phenoxy) is 1. The van der Waals surface area contributed by atoms with E-state index in [1.54, 1.807) is 7.11 Å². The number of methoxy groups -OCH3 is 1. The number of hydrogen-bond acceptors (Lipinski definition) is 6. The Bertz CT molecular complexity index is 1140. The summed E-state index contributed by atoms with van der Waals surface area (Å²) in [5, 5.41) is 0. The Kier molecular flexibility index (Phi) is 6.87. The highest BCUT2D eigenvalue weighted by Gasteiger charge is 2.29. The van der Waals surface area contributed by atoms with Gasteiger partial charge >= 0.3 is 0 Å². The molecule has 2 N–H and O–H groups in total. The van der Waals surface area contributed by atoms with Crippen LogP contribution in [0.4, 0.5) is 0 Å². The number of rotatable bonds is 10. The zero-order valence-electron chi connectivity index (χ0n) is 18.0. The van der Waals surface area contributed by atoms with Crippen molar-refractivity contribution >= 4 is 20.0 Å². The number of nitrogens with one attached hydrogen (secondary N) is 2. The molecule has 2 aromatic carbocycles. The van der Waals surface area contributed by atoms with Crippen LogP contribution in [0, 0.1) is 0 Å². The van der Waals surface area contributed by atoms with E-state index in [2.05, 4.69) is 14.3 Å². The smallest absolute Gasteiger partial charge is 0.240 e. The summed E-state index contributed by atoms with van der Waals surface area (Å²) in [5.41, 5.74) is 0.937. The first-order chi connectivity index (χ1) is 15.3. The van der Waals surface area contributed by atoms with E-state index < -0.39 is 20.0 Å². The largest absolute Gasteiger partial charge is 0.496 e. The highest BCUT2D eigenvalue weighted by atomic mass is 32.2. The molecule has 2 aromatic rings. The number of hydrogen-bond donors (Lipinski definition) is 2. The van der Waals surface area contributed by atoms with E-state index in [1.165, 1.54) is 24.3 Å². The maximum absolute atomic E-state index is 13.0. The van der Waals surface area contributed by atoms with E-state index in [0.717, 1.165) is 50.1 Å². The van der Waals surface area contributed by atoms with Crippen LogP contribution in [0.25, 0.3) is 0 Å². The fourth-order valence-corrected chi connectivity index (χ4v) is 6.33. The van der Waals surface area contributed by atoms with Gasteiger partial charge in [-0.05, 0) is 69.1 Å². The van der Waals surface area contributed by atoms with Crippen molar-refractivity contribution < 1.29 is 21.6 Å². The van der Waals surface area contributed by atoms with Gasteiger partial charge in [0, 0.05) is 18.2 Å². The molecule has 8 nitrogen and oxygen atoms in total. The lowest BCUT2D eigenvalue weighted by atomic mass is 10.0. The van der Waals surface area contributed by atoms with Crippen molar-refractivity contribution in [2.45, 2.75) is 47.6 Å². The van der Waals surface area contributed by atoms with E-state index in [9.17, 15) is 16.8 Å². The van der Waals surface area contributed by atoms with Gasteiger partial charge in [0.15, 0.2) is 0 Å². The van der Waals surface area contributed by atoms with Gasteiger partial charge in [-0.3, -0.25) is 4.90 Å². The van der Waals surface area contributed by atoms with E-state index in [0.29, 0.717) is 0 Å². The zero-order valence-corrected chi connectivity index (χ0v) is 19.7. The SMILES string of the molecule is COc1ccccc1C(CNS(=O)(=O)c1ccc(S(=O)(=O)NC2CC2)cc1)N1CCCC1. The normalized spacial score (nSPS) is 18.5. The summed E-state index contributed by atoms with van der Waals surface area (Å²) in [4.78, 5) is 2.36. The van der Waals surface area contributed by atoms with Gasteiger partial charge in [-0.25, -0.2) is 26.3 Å². The lowest BCUT2D eigenvalue weighted by Crippen LogP contribution is -2.37. The average molecular weight is 480 g/mol. The molecule has 1 aliphatic carbocycles. The second-order valence-corrected chi connectivity index (χ2v) is 11.7. The van der Waals surface area contributed by atoms with Crippen LogP contribution in [0.3, 0.4) is 0 Å². The minimum absolute atomic E-state index is 0.0115. The van der Waals surface area contributed by atoms with Crippen LogP contribution in [0.15, 0.2) is 58.3 Å². The molecule has 1 heterocycles. The summed E-state index contributed by atoms with van der Waals surface area (Å²) < 4.78 is 61.4. The Morgan fingerprint density at radius 2 is 1.53 bits per heavy atom. The summed E-state index contributed by atoms with van der Waals surface area (Å²) >= 11 is 0. The van der Waals surface area contributed by atoms with Crippen molar-refractivity contribution in [2.75, 3.05) is 26.7 Å². The van der Waals surface area contributed by atoms with Crippen molar-refractivity contribution in [1.29, 1.82) is 0 Å². The van der Waals surface area contributed by atoms with Gasteiger partial charge in [-0.15, -0.1) is 0 Å². The van der Waals surface area contributed by atoms with E-state index in [4.69, 9.17) is 4.74 Å². The Morgan fingerprint density at radius 3 is 2.12 bits per heavy atom. The number of para-hydroxylation sites is 1. The van der Waals surface area contributed by atoms with Crippen molar-refractivity contribution in [2.24, 2.45) is 0 Å². The van der Waals surface area contributed by atoms with Gasteiger partial charge < -0.3 is 4.74 Å². The molecule has 1 unspecified atom stereocenters.